The van der Waals surface area contributed by atoms with Crippen molar-refractivity contribution >= 4 is 34.7 Å². The van der Waals surface area contributed by atoms with Crippen molar-refractivity contribution in [2.45, 2.75) is 23.7 Å². The first kappa shape index (κ1) is 12.9. The minimum Gasteiger partial charge on any atom is -0.388 e. The molecule has 0 aliphatic heterocycles. The van der Waals surface area contributed by atoms with Gasteiger partial charge in [0.15, 0.2) is 0 Å². The largest absolute Gasteiger partial charge is 0.388 e. The highest BCUT2D eigenvalue weighted by Gasteiger charge is 2.07. The number of hydrogen-bond donors (Lipinski definition) is 1. The average molecular weight is 286 g/mol. The van der Waals surface area contributed by atoms with Gasteiger partial charge in [0.2, 0.25) is 0 Å². The van der Waals surface area contributed by atoms with Crippen LogP contribution in [0.1, 0.15) is 22.9 Å². The topological polar surface area (TPSA) is 33.1 Å². The van der Waals surface area contributed by atoms with Gasteiger partial charge < -0.3 is 5.11 Å². The van der Waals surface area contributed by atoms with Gasteiger partial charge in [0.1, 0.15) is 5.01 Å². The van der Waals surface area contributed by atoms with Crippen LogP contribution in [0.4, 0.5) is 0 Å². The molecule has 0 aliphatic carbocycles. The first-order valence-electron chi connectivity index (χ1n) is 5.17. The van der Waals surface area contributed by atoms with Crippen LogP contribution in [0.15, 0.2) is 35.4 Å². The van der Waals surface area contributed by atoms with Crippen molar-refractivity contribution in [3.63, 3.8) is 0 Å². The van der Waals surface area contributed by atoms with Crippen LogP contribution in [0.5, 0.6) is 0 Å². The summed E-state index contributed by atoms with van der Waals surface area (Å²) < 4.78 is 0. The summed E-state index contributed by atoms with van der Waals surface area (Å²) in [5.74, 6) is 0.779. The molecule has 90 valence electrons. The molecule has 2 rings (SSSR count). The van der Waals surface area contributed by atoms with Crippen molar-refractivity contribution in [1.29, 1.82) is 0 Å². The van der Waals surface area contributed by atoms with Crippen molar-refractivity contribution in [3.8, 4) is 0 Å². The highest BCUT2D eigenvalue weighted by molar-refractivity contribution is 7.98. The predicted octanol–water partition coefficient (Wildman–Crippen LogP) is 4.14. The van der Waals surface area contributed by atoms with Gasteiger partial charge >= 0.3 is 0 Å². The number of rotatable bonds is 4. The number of benzene rings is 1. The zero-order valence-corrected chi connectivity index (χ0v) is 11.6. The summed E-state index contributed by atoms with van der Waals surface area (Å²) in [7, 11) is 0. The monoisotopic (exact) mass is 285 g/mol. The molecule has 1 aromatic carbocycles. The standard InChI is InChI=1S/C12H12ClNOS2/c1-8(15)11-6-14-12(17-11)7-16-10-5-3-2-4-9(10)13/h2-6,8,15H,7H2,1H3. The summed E-state index contributed by atoms with van der Waals surface area (Å²) in [6.07, 6.45) is 1.30. The Balaban J connectivity index is 2.00. The minimum absolute atomic E-state index is 0.438. The Morgan fingerprint density at radius 3 is 2.88 bits per heavy atom. The molecule has 0 saturated carbocycles. The lowest BCUT2D eigenvalue weighted by Gasteiger charge is -2.01. The van der Waals surface area contributed by atoms with Crippen LogP contribution in [0.2, 0.25) is 5.02 Å². The van der Waals surface area contributed by atoms with Crippen LogP contribution in [-0.4, -0.2) is 10.1 Å². The van der Waals surface area contributed by atoms with E-state index in [-0.39, 0.29) is 0 Å². The molecule has 0 saturated heterocycles. The molecule has 0 aliphatic rings. The molecule has 1 atom stereocenters. The lowest BCUT2D eigenvalue weighted by Crippen LogP contribution is -1.83. The van der Waals surface area contributed by atoms with E-state index in [2.05, 4.69) is 4.98 Å². The maximum Gasteiger partial charge on any atom is 0.103 e. The summed E-state index contributed by atoms with van der Waals surface area (Å²) in [5, 5.41) is 11.2. The van der Waals surface area contributed by atoms with Crippen molar-refractivity contribution in [3.05, 3.63) is 45.4 Å². The van der Waals surface area contributed by atoms with Gasteiger partial charge in [-0.15, -0.1) is 23.1 Å². The molecule has 0 radical (unpaired) electrons. The second kappa shape index (κ2) is 5.87. The molecular formula is C12H12ClNOS2. The van der Waals surface area contributed by atoms with Gasteiger partial charge in [-0.1, -0.05) is 23.7 Å². The molecule has 0 fully saturated rings. The van der Waals surface area contributed by atoms with E-state index < -0.39 is 6.10 Å². The van der Waals surface area contributed by atoms with E-state index in [4.69, 9.17) is 11.6 Å². The third-order valence-electron chi connectivity index (χ3n) is 2.17. The van der Waals surface area contributed by atoms with Gasteiger partial charge in [-0.25, -0.2) is 4.98 Å². The number of hydrogen-bond acceptors (Lipinski definition) is 4. The van der Waals surface area contributed by atoms with E-state index in [1.54, 1.807) is 36.2 Å². The van der Waals surface area contributed by atoms with Crippen LogP contribution >= 0.6 is 34.7 Å². The number of thiazole rings is 1. The second-order valence-corrected chi connectivity index (χ2v) is 6.12. The SMILES string of the molecule is CC(O)c1cnc(CSc2ccccc2Cl)s1. The van der Waals surface area contributed by atoms with Crippen LogP contribution in [-0.2, 0) is 5.75 Å². The molecule has 0 bridgehead atoms. The fourth-order valence-corrected chi connectivity index (χ4v) is 3.39. The quantitative estimate of drug-likeness (QED) is 0.857. The summed E-state index contributed by atoms with van der Waals surface area (Å²) in [5.41, 5.74) is 0. The molecule has 1 aromatic heterocycles. The van der Waals surface area contributed by atoms with Gasteiger partial charge in [-0.05, 0) is 19.1 Å². The Hall–Kier alpha value is -0.550. The Kier molecular flexibility index (Phi) is 4.45. The molecule has 2 nitrogen and oxygen atoms in total. The van der Waals surface area contributed by atoms with Gasteiger partial charge in [-0.3, -0.25) is 0 Å². The Morgan fingerprint density at radius 2 is 2.24 bits per heavy atom. The van der Waals surface area contributed by atoms with Gasteiger partial charge in [0.05, 0.1) is 21.8 Å². The lowest BCUT2D eigenvalue weighted by molar-refractivity contribution is 0.203. The number of aliphatic hydroxyl groups excluding tert-OH is 1. The van der Waals surface area contributed by atoms with Gasteiger partial charge in [0.25, 0.3) is 0 Å². The molecule has 1 heterocycles. The van der Waals surface area contributed by atoms with Crippen LogP contribution in [0.3, 0.4) is 0 Å². The molecular weight excluding hydrogens is 274 g/mol. The third kappa shape index (κ3) is 3.45. The highest BCUT2D eigenvalue weighted by Crippen LogP contribution is 2.31. The van der Waals surface area contributed by atoms with Crippen molar-refractivity contribution in [2.75, 3.05) is 0 Å². The smallest absolute Gasteiger partial charge is 0.103 e. The maximum atomic E-state index is 9.41. The molecule has 1 N–H and O–H groups in total. The van der Waals surface area contributed by atoms with E-state index in [9.17, 15) is 5.11 Å². The van der Waals surface area contributed by atoms with E-state index in [1.165, 1.54) is 0 Å². The minimum atomic E-state index is -0.438. The molecule has 0 spiro atoms. The van der Waals surface area contributed by atoms with Crippen molar-refractivity contribution in [1.82, 2.24) is 4.98 Å². The molecule has 5 heteroatoms. The number of aliphatic hydroxyl groups is 1. The van der Waals surface area contributed by atoms with Crippen LogP contribution < -0.4 is 0 Å². The summed E-state index contributed by atoms with van der Waals surface area (Å²) in [6, 6.07) is 7.77. The molecule has 2 aromatic rings. The predicted molar refractivity (Wildman–Crippen MR) is 73.8 cm³/mol. The summed E-state index contributed by atoms with van der Waals surface area (Å²) in [6.45, 7) is 1.75. The Bertz CT molecular complexity index is 499. The molecule has 17 heavy (non-hydrogen) atoms. The number of thioether (sulfide) groups is 1. The number of halogens is 1. The number of aromatic nitrogens is 1. The summed E-state index contributed by atoms with van der Waals surface area (Å²) >= 11 is 9.27. The van der Waals surface area contributed by atoms with E-state index in [1.807, 2.05) is 24.3 Å². The van der Waals surface area contributed by atoms with Crippen molar-refractivity contribution < 1.29 is 5.11 Å². The van der Waals surface area contributed by atoms with E-state index >= 15 is 0 Å². The van der Waals surface area contributed by atoms with E-state index in [0.29, 0.717) is 0 Å². The maximum absolute atomic E-state index is 9.41. The number of nitrogens with zero attached hydrogens (tertiary/aromatic N) is 1. The van der Waals surface area contributed by atoms with E-state index in [0.717, 1.165) is 25.6 Å². The lowest BCUT2D eigenvalue weighted by atomic mass is 10.4. The Labute approximate surface area is 114 Å². The van der Waals surface area contributed by atoms with Gasteiger partial charge in [-0.2, -0.15) is 0 Å². The second-order valence-electron chi connectivity index (χ2n) is 3.55. The first-order chi connectivity index (χ1) is 8.16. The zero-order valence-electron chi connectivity index (χ0n) is 9.26. The summed E-state index contributed by atoms with van der Waals surface area (Å²) in [4.78, 5) is 6.24. The average Bonchev–Trinajstić information content (AvgIpc) is 2.77. The van der Waals surface area contributed by atoms with Gasteiger partial charge in [0, 0.05) is 11.1 Å². The Morgan fingerprint density at radius 1 is 1.47 bits per heavy atom. The molecule has 1 unspecified atom stereocenters. The van der Waals surface area contributed by atoms with Crippen LogP contribution in [0.25, 0.3) is 0 Å². The fourth-order valence-electron chi connectivity index (χ4n) is 1.29. The highest BCUT2D eigenvalue weighted by atomic mass is 35.5. The first-order valence-corrected chi connectivity index (χ1v) is 7.35. The third-order valence-corrected chi connectivity index (χ3v) is 5.05. The zero-order chi connectivity index (χ0) is 12.3. The normalized spacial score (nSPS) is 12.6. The fraction of sp³-hybridized carbons (Fsp3) is 0.250. The molecule has 0 amide bonds. The van der Waals surface area contributed by atoms with Crippen LogP contribution in [0, 0.1) is 0 Å². The van der Waals surface area contributed by atoms with Crippen molar-refractivity contribution in [2.24, 2.45) is 0 Å².